The standard InChI is InChI=1S/C22H21N5O2S/c1-2-18(30-22-15(13-23)11-14-7-6-10-17(14)24-22)21(29)25-19-12-20(28)27(26-19)16-8-4-3-5-9-16/h3-5,8-9,11-12,18,26H,2,6-7,10H2,1H3,(H,25,29). The molecule has 1 aliphatic rings. The van der Waals surface area contributed by atoms with E-state index in [1.54, 1.807) is 12.1 Å². The quantitative estimate of drug-likeness (QED) is 0.596. The lowest BCUT2D eigenvalue weighted by molar-refractivity contribution is -0.115. The van der Waals surface area contributed by atoms with Crippen molar-refractivity contribution in [2.75, 3.05) is 5.32 Å². The minimum absolute atomic E-state index is 0.241. The minimum atomic E-state index is -0.437. The lowest BCUT2D eigenvalue weighted by atomic mass is 10.2. The number of carbonyl (C=O) groups excluding carboxylic acids is 1. The van der Waals surface area contributed by atoms with Crippen molar-refractivity contribution in [3.05, 3.63) is 69.6 Å². The molecule has 1 unspecified atom stereocenters. The predicted octanol–water partition coefficient (Wildman–Crippen LogP) is 3.43. The molecule has 0 spiro atoms. The van der Waals surface area contributed by atoms with Crippen molar-refractivity contribution in [3.8, 4) is 11.8 Å². The van der Waals surface area contributed by atoms with Gasteiger partial charge >= 0.3 is 0 Å². The topological polar surface area (TPSA) is 104 Å². The number of H-pyrrole nitrogens is 1. The van der Waals surface area contributed by atoms with Gasteiger partial charge in [0.1, 0.15) is 16.9 Å². The molecule has 0 aliphatic heterocycles. The van der Waals surface area contributed by atoms with Crippen molar-refractivity contribution < 1.29 is 4.79 Å². The summed E-state index contributed by atoms with van der Waals surface area (Å²) in [5.41, 5.74) is 3.09. The molecule has 30 heavy (non-hydrogen) atoms. The Bertz CT molecular complexity index is 1180. The monoisotopic (exact) mass is 419 g/mol. The summed E-state index contributed by atoms with van der Waals surface area (Å²) in [7, 11) is 0. The van der Waals surface area contributed by atoms with Crippen LogP contribution in [0.4, 0.5) is 5.82 Å². The number of aryl methyl sites for hydroxylation is 2. The molecule has 3 aromatic rings. The van der Waals surface area contributed by atoms with Crippen LogP contribution < -0.4 is 10.9 Å². The molecule has 2 aromatic heterocycles. The number of nitriles is 1. The Morgan fingerprint density at radius 3 is 2.87 bits per heavy atom. The smallest absolute Gasteiger partial charge is 0.273 e. The Labute approximate surface area is 178 Å². The molecule has 152 valence electrons. The molecule has 0 fully saturated rings. The zero-order valence-corrected chi connectivity index (χ0v) is 17.3. The summed E-state index contributed by atoms with van der Waals surface area (Å²) in [6, 6.07) is 14.6. The number of anilines is 1. The van der Waals surface area contributed by atoms with E-state index < -0.39 is 5.25 Å². The Morgan fingerprint density at radius 2 is 2.13 bits per heavy atom. The van der Waals surface area contributed by atoms with Crippen LogP contribution in [0.15, 0.2) is 52.3 Å². The minimum Gasteiger partial charge on any atom is -0.310 e. The van der Waals surface area contributed by atoms with E-state index in [4.69, 9.17) is 0 Å². The van der Waals surface area contributed by atoms with Gasteiger partial charge in [-0.05, 0) is 49.4 Å². The number of para-hydroxylation sites is 1. The lowest BCUT2D eigenvalue weighted by Gasteiger charge is -2.15. The van der Waals surface area contributed by atoms with Crippen molar-refractivity contribution in [2.45, 2.75) is 42.9 Å². The summed E-state index contributed by atoms with van der Waals surface area (Å²) in [6.45, 7) is 1.91. The number of aromatic nitrogens is 3. The fourth-order valence-electron chi connectivity index (χ4n) is 3.52. The number of hydrogen-bond donors (Lipinski definition) is 2. The van der Waals surface area contributed by atoms with Gasteiger partial charge in [0.15, 0.2) is 0 Å². The van der Waals surface area contributed by atoms with E-state index in [1.807, 2.05) is 31.2 Å². The first kappa shape index (κ1) is 20.0. The van der Waals surface area contributed by atoms with E-state index in [1.165, 1.54) is 22.5 Å². The van der Waals surface area contributed by atoms with Crippen LogP contribution in [-0.2, 0) is 17.6 Å². The van der Waals surface area contributed by atoms with E-state index in [-0.39, 0.29) is 11.5 Å². The van der Waals surface area contributed by atoms with Gasteiger partial charge in [0, 0.05) is 11.8 Å². The van der Waals surface area contributed by atoms with Gasteiger partial charge in [-0.25, -0.2) is 9.67 Å². The molecule has 0 bridgehead atoms. The van der Waals surface area contributed by atoms with Gasteiger partial charge in [-0.3, -0.25) is 14.7 Å². The predicted molar refractivity (Wildman–Crippen MR) is 116 cm³/mol. The first-order chi connectivity index (χ1) is 14.6. The van der Waals surface area contributed by atoms with E-state index in [0.717, 1.165) is 30.5 Å². The highest BCUT2D eigenvalue weighted by Crippen LogP contribution is 2.31. The maximum Gasteiger partial charge on any atom is 0.273 e. The molecule has 1 amide bonds. The number of rotatable bonds is 6. The molecule has 1 aromatic carbocycles. The Morgan fingerprint density at radius 1 is 1.33 bits per heavy atom. The maximum absolute atomic E-state index is 12.9. The first-order valence-corrected chi connectivity index (χ1v) is 10.7. The average Bonchev–Trinajstić information content (AvgIpc) is 3.37. The van der Waals surface area contributed by atoms with Gasteiger partial charge in [-0.1, -0.05) is 36.9 Å². The van der Waals surface area contributed by atoms with Crippen LogP contribution in [0.25, 0.3) is 5.69 Å². The van der Waals surface area contributed by atoms with Gasteiger partial charge in [0.25, 0.3) is 5.56 Å². The third-order valence-electron chi connectivity index (χ3n) is 5.05. The molecule has 0 radical (unpaired) electrons. The molecule has 8 heteroatoms. The van der Waals surface area contributed by atoms with Gasteiger partial charge < -0.3 is 5.32 Å². The molecular formula is C22H21N5O2S. The third kappa shape index (κ3) is 4.02. The molecule has 1 atom stereocenters. The highest BCUT2D eigenvalue weighted by atomic mass is 32.2. The van der Waals surface area contributed by atoms with Crippen LogP contribution in [0, 0.1) is 11.3 Å². The first-order valence-electron chi connectivity index (χ1n) is 9.87. The van der Waals surface area contributed by atoms with Gasteiger partial charge in [-0.15, -0.1) is 0 Å². The van der Waals surface area contributed by atoms with Crippen molar-refractivity contribution >= 4 is 23.5 Å². The highest BCUT2D eigenvalue weighted by Gasteiger charge is 2.23. The number of thioether (sulfide) groups is 1. The molecular weight excluding hydrogens is 398 g/mol. The third-order valence-corrected chi connectivity index (χ3v) is 6.41. The zero-order valence-electron chi connectivity index (χ0n) is 16.5. The number of carbonyl (C=O) groups is 1. The Hall–Kier alpha value is -3.31. The molecule has 0 saturated carbocycles. The van der Waals surface area contributed by atoms with Crippen LogP contribution in [0.5, 0.6) is 0 Å². The van der Waals surface area contributed by atoms with Crippen LogP contribution in [0.1, 0.15) is 36.6 Å². The van der Waals surface area contributed by atoms with Crippen molar-refractivity contribution in [2.24, 2.45) is 0 Å². The fraction of sp³-hybridized carbons (Fsp3) is 0.273. The normalized spacial score (nSPS) is 13.5. The summed E-state index contributed by atoms with van der Waals surface area (Å²) in [6.07, 6.45) is 3.46. The molecule has 2 heterocycles. The molecule has 0 saturated heterocycles. The highest BCUT2D eigenvalue weighted by molar-refractivity contribution is 8.00. The average molecular weight is 420 g/mol. The van der Waals surface area contributed by atoms with E-state index >= 15 is 0 Å². The van der Waals surface area contributed by atoms with E-state index in [2.05, 4.69) is 21.5 Å². The fourth-order valence-corrected chi connectivity index (χ4v) is 4.52. The Kier molecular flexibility index (Phi) is 5.72. The number of pyridine rings is 1. The lowest BCUT2D eigenvalue weighted by Crippen LogP contribution is -2.25. The number of amides is 1. The van der Waals surface area contributed by atoms with Crippen LogP contribution >= 0.6 is 11.8 Å². The second-order valence-corrected chi connectivity index (χ2v) is 8.29. The van der Waals surface area contributed by atoms with Gasteiger partial charge in [-0.2, -0.15) is 5.26 Å². The van der Waals surface area contributed by atoms with Crippen molar-refractivity contribution in [1.82, 2.24) is 14.8 Å². The number of aromatic amines is 1. The summed E-state index contributed by atoms with van der Waals surface area (Å²) < 4.78 is 1.37. The SMILES string of the molecule is CCC(Sc1nc2c(cc1C#N)CCC2)C(=O)Nc1cc(=O)n(-c2ccccc2)[nH]1. The van der Waals surface area contributed by atoms with Gasteiger partial charge in [0.05, 0.1) is 16.5 Å². The maximum atomic E-state index is 12.9. The molecule has 1 aliphatic carbocycles. The molecule has 2 N–H and O–H groups in total. The molecule has 7 nitrogen and oxygen atoms in total. The van der Waals surface area contributed by atoms with Crippen LogP contribution in [0.2, 0.25) is 0 Å². The summed E-state index contributed by atoms with van der Waals surface area (Å²) >= 11 is 1.30. The van der Waals surface area contributed by atoms with Crippen molar-refractivity contribution in [1.29, 1.82) is 5.26 Å². The van der Waals surface area contributed by atoms with Crippen LogP contribution in [0.3, 0.4) is 0 Å². The second kappa shape index (κ2) is 8.59. The summed E-state index contributed by atoms with van der Waals surface area (Å²) in [5, 5.41) is 15.4. The molecule has 4 rings (SSSR count). The number of nitrogens with one attached hydrogen (secondary N) is 2. The second-order valence-electron chi connectivity index (χ2n) is 7.10. The van der Waals surface area contributed by atoms with Crippen LogP contribution in [-0.4, -0.2) is 25.9 Å². The number of benzene rings is 1. The largest absolute Gasteiger partial charge is 0.310 e. The number of hydrogen-bond acceptors (Lipinski definition) is 5. The van der Waals surface area contributed by atoms with Crippen molar-refractivity contribution in [3.63, 3.8) is 0 Å². The number of fused-ring (bicyclic) bond motifs is 1. The summed E-state index contributed by atoms with van der Waals surface area (Å²) in [5.74, 6) is 0.0884. The zero-order chi connectivity index (χ0) is 21.1. The van der Waals surface area contributed by atoms with Gasteiger partial charge in [0.2, 0.25) is 5.91 Å². The number of nitrogens with zero attached hydrogens (tertiary/aromatic N) is 3. The van der Waals surface area contributed by atoms with E-state index in [0.29, 0.717) is 28.5 Å². The Balaban J connectivity index is 1.52. The van der Waals surface area contributed by atoms with E-state index in [9.17, 15) is 14.9 Å². The summed E-state index contributed by atoms with van der Waals surface area (Å²) in [4.78, 5) is 29.8.